The molecule has 1 aromatic rings. The van der Waals surface area contributed by atoms with Gasteiger partial charge in [0.2, 0.25) is 0 Å². The molecule has 8 nitrogen and oxygen atoms in total. The zero-order valence-corrected chi connectivity index (χ0v) is 15.9. The predicted octanol–water partition coefficient (Wildman–Crippen LogP) is 2.22. The predicted molar refractivity (Wildman–Crippen MR) is 98.6 cm³/mol. The number of benzene rings is 1. The lowest BCUT2D eigenvalue weighted by Gasteiger charge is -2.33. The van der Waals surface area contributed by atoms with E-state index < -0.39 is 17.6 Å². The largest absolute Gasteiger partial charge is 0.481 e. The highest BCUT2D eigenvalue weighted by molar-refractivity contribution is 5.68. The van der Waals surface area contributed by atoms with Gasteiger partial charge in [-0.15, -0.1) is 0 Å². The first-order chi connectivity index (χ1) is 13.0. The van der Waals surface area contributed by atoms with Crippen molar-refractivity contribution >= 4 is 12.1 Å². The smallest absolute Gasteiger partial charge is 0.408 e. The lowest BCUT2D eigenvalue weighted by atomic mass is 10.0. The van der Waals surface area contributed by atoms with E-state index in [1.54, 1.807) is 0 Å². The zero-order valence-electron chi connectivity index (χ0n) is 15.9. The summed E-state index contributed by atoms with van der Waals surface area (Å²) in [6, 6.07) is 9.32. The fraction of sp³-hybridized carbons (Fsp3) is 0.579. The summed E-state index contributed by atoms with van der Waals surface area (Å²) in [6.45, 7) is 5.07. The molecule has 152 valence electrons. The SMILES string of the molecule is CCOCC(COCC)(COCCC(=O)O)NC(=O)OCc1ccccc1. The molecule has 2 N–H and O–H groups in total. The van der Waals surface area contributed by atoms with E-state index >= 15 is 0 Å². The molecule has 0 spiro atoms. The van der Waals surface area contributed by atoms with Crippen molar-refractivity contribution in [3.63, 3.8) is 0 Å². The summed E-state index contributed by atoms with van der Waals surface area (Å²) in [6.07, 6.45) is -0.752. The van der Waals surface area contributed by atoms with Gasteiger partial charge in [-0.1, -0.05) is 30.3 Å². The number of nitrogens with one attached hydrogen (secondary N) is 1. The molecule has 0 atom stereocenters. The Morgan fingerprint density at radius 1 is 1.00 bits per heavy atom. The summed E-state index contributed by atoms with van der Waals surface area (Å²) in [5.41, 5.74) is -0.108. The fourth-order valence-corrected chi connectivity index (χ4v) is 2.23. The molecule has 8 heteroatoms. The number of alkyl carbamates (subject to hydrolysis) is 1. The third-order valence-corrected chi connectivity index (χ3v) is 3.58. The fourth-order valence-electron chi connectivity index (χ4n) is 2.23. The van der Waals surface area contributed by atoms with E-state index in [0.717, 1.165) is 5.56 Å². The van der Waals surface area contributed by atoms with Crippen LogP contribution in [-0.4, -0.2) is 62.3 Å². The molecule has 0 aliphatic rings. The van der Waals surface area contributed by atoms with Crippen LogP contribution in [0.4, 0.5) is 4.79 Å². The van der Waals surface area contributed by atoms with Gasteiger partial charge in [0, 0.05) is 13.2 Å². The number of ether oxygens (including phenoxy) is 4. The van der Waals surface area contributed by atoms with Gasteiger partial charge in [-0.25, -0.2) is 4.79 Å². The maximum atomic E-state index is 12.3. The van der Waals surface area contributed by atoms with E-state index in [-0.39, 0.29) is 39.5 Å². The van der Waals surface area contributed by atoms with Crippen molar-refractivity contribution < 1.29 is 33.6 Å². The summed E-state index contributed by atoms with van der Waals surface area (Å²) in [7, 11) is 0. The molecule has 1 amide bonds. The second-order valence-electron chi connectivity index (χ2n) is 5.94. The van der Waals surface area contributed by atoms with E-state index in [1.165, 1.54) is 0 Å². The number of hydrogen-bond donors (Lipinski definition) is 2. The summed E-state index contributed by atoms with van der Waals surface area (Å²) < 4.78 is 21.7. The molecule has 0 aromatic heterocycles. The minimum Gasteiger partial charge on any atom is -0.481 e. The topological polar surface area (TPSA) is 103 Å². The summed E-state index contributed by atoms with van der Waals surface area (Å²) in [4.78, 5) is 23.0. The lowest BCUT2D eigenvalue weighted by Crippen LogP contribution is -2.58. The number of aliphatic carboxylic acids is 1. The van der Waals surface area contributed by atoms with Crippen LogP contribution in [0.15, 0.2) is 30.3 Å². The average molecular weight is 383 g/mol. The molecule has 0 fully saturated rings. The van der Waals surface area contributed by atoms with Gasteiger partial charge in [-0.2, -0.15) is 0 Å². The Bertz CT molecular complexity index is 542. The summed E-state index contributed by atoms with van der Waals surface area (Å²) >= 11 is 0. The van der Waals surface area contributed by atoms with Gasteiger partial charge in [0.15, 0.2) is 0 Å². The Balaban J connectivity index is 2.69. The van der Waals surface area contributed by atoms with Crippen molar-refractivity contribution in [3.8, 4) is 0 Å². The number of carboxylic acids is 1. The molecule has 1 rings (SSSR count). The number of carbonyl (C=O) groups is 2. The zero-order chi connectivity index (χ0) is 20.0. The molecule has 0 unspecified atom stereocenters. The normalized spacial score (nSPS) is 11.2. The molecular weight excluding hydrogens is 354 g/mol. The highest BCUT2D eigenvalue weighted by atomic mass is 16.6. The second kappa shape index (κ2) is 13.1. The van der Waals surface area contributed by atoms with E-state index in [9.17, 15) is 9.59 Å². The molecule has 27 heavy (non-hydrogen) atoms. The van der Waals surface area contributed by atoms with Gasteiger partial charge in [-0.05, 0) is 19.4 Å². The second-order valence-corrected chi connectivity index (χ2v) is 5.94. The number of amides is 1. The first-order valence-electron chi connectivity index (χ1n) is 8.95. The third kappa shape index (κ3) is 9.93. The van der Waals surface area contributed by atoms with Crippen LogP contribution in [0.5, 0.6) is 0 Å². The van der Waals surface area contributed by atoms with Gasteiger partial charge < -0.3 is 29.4 Å². The van der Waals surface area contributed by atoms with E-state index in [4.69, 9.17) is 24.1 Å². The number of carbonyl (C=O) groups excluding carboxylic acids is 1. The molecule has 0 heterocycles. The molecule has 0 saturated carbocycles. The van der Waals surface area contributed by atoms with Crippen LogP contribution in [0.1, 0.15) is 25.8 Å². The number of hydrogen-bond acceptors (Lipinski definition) is 6. The van der Waals surface area contributed by atoms with Crippen molar-refractivity contribution in [1.29, 1.82) is 0 Å². The average Bonchev–Trinajstić information content (AvgIpc) is 2.67. The number of carboxylic acid groups (broad SMARTS) is 1. The monoisotopic (exact) mass is 383 g/mol. The van der Waals surface area contributed by atoms with Gasteiger partial charge in [0.1, 0.15) is 12.1 Å². The maximum Gasteiger partial charge on any atom is 0.408 e. The van der Waals surface area contributed by atoms with Crippen LogP contribution in [0, 0.1) is 0 Å². The molecule has 0 saturated heterocycles. The van der Waals surface area contributed by atoms with Gasteiger partial charge in [0.05, 0.1) is 32.8 Å². The van der Waals surface area contributed by atoms with E-state index in [0.29, 0.717) is 13.2 Å². The highest BCUT2D eigenvalue weighted by Gasteiger charge is 2.34. The standard InChI is InChI=1S/C19H29NO7/c1-3-24-13-19(14-25-4-2,15-26-11-10-17(21)22)20-18(23)27-12-16-8-6-5-7-9-16/h5-9H,3-4,10-15H2,1-2H3,(H,20,23)(H,21,22). The molecule has 1 aromatic carbocycles. The van der Waals surface area contributed by atoms with Crippen molar-refractivity contribution in [2.75, 3.05) is 39.6 Å². The molecule has 0 radical (unpaired) electrons. The van der Waals surface area contributed by atoms with Gasteiger partial charge >= 0.3 is 12.1 Å². The minimum absolute atomic E-state index is 0.0239. The number of rotatable bonds is 14. The van der Waals surface area contributed by atoms with Crippen LogP contribution < -0.4 is 5.32 Å². The summed E-state index contributed by atoms with van der Waals surface area (Å²) in [5.74, 6) is -0.953. The molecule has 0 aliphatic carbocycles. The molecule has 0 bridgehead atoms. The first-order valence-corrected chi connectivity index (χ1v) is 8.95. The van der Waals surface area contributed by atoms with E-state index in [2.05, 4.69) is 5.32 Å². The Morgan fingerprint density at radius 2 is 1.59 bits per heavy atom. The summed E-state index contributed by atoms with van der Waals surface area (Å²) in [5, 5.41) is 11.5. The third-order valence-electron chi connectivity index (χ3n) is 3.58. The first kappa shape index (κ1) is 22.9. The maximum absolute atomic E-state index is 12.3. The quantitative estimate of drug-likeness (QED) is 0.475. The van der Waals surface area contributed by atoms with Crippen molar-refractivity contribution in [3.05, 3.63) is 35.9 Å². The van der Waals surface area contributed by atoms with Gasteiger partial charge in [-0.3, -0.25) is 4.79 Å². The lowest BCUT2D eigenvalue weighted by molar-refractivity contribution is -0.138. The Hall–Kier alpha value is -2.16. The highest BCUT2D eigenvalue weighted by Crippen LogP contribution is 2.11. The minimum atomic E-state index is -0.974. The van der Waals surface area contributed by atoms with Crippen molar-refractivity contribution in [2.24, 2.45) is 0 Å². The van der Waals surface area contributed by atoms with Crippen molar-refractivity contribution in [1.82, 2.24) is 5.32 Å². The van der Waals surface area contributed by atoms with Crippen LogP contribution in [0.3, 0.4) is 0 Å². The van der Waals surface area contributed by atoms with Gasteiger partial charge in [0.25, 0.3) is 0 Å². The van der Waals surface area contributed by atoms with Crippen LogP contribution in [-0.2, 0) is 30.3 Å². The van der Waals surface area contributed by atoms with Crippen molar-refractivity contribution in [2.45, 2.75) is 32.4 Å². The molecular formula is C19H29NO7. The van der Waals surface area contributed by atoms with Crippen LogP contribution in [0.25, 0.3) is 0 Å². The molecule has 0 aliphatic heterocycles. The van der Waals surface area contributed by atoms with Crippen LogP contribution in [0.2, 0.25) is 0 Å². The Labute approximate surface area is 159 Å². The van der Waals surface area contributed by atoms with E-state index in [1.807, 2.05) is 44.2 Å². The Kier molecular flexibility index (Phi) is 11.1. The Morgan fingerprint density at radius 3 is 2.15 bits per heavy atom. The van der Waals surface area contributed by atoms with Crippen LogP contribution >= 0.6 is 0 Å².